The summed E-state index contributed by atoms with van der Waals surface area (Å²) in [7, 11) is 0. The zero-order valence-electron chi connectivity index (χ0n) is 8.16. The van der Waals surface area contributed by atoms with Gasteiger partial charge in [-0.05, 0) is 55.6 Å². The van der Waals surface area contributed by atoms with Crippen LogP contribution in [0, 0.1) is 0 Å². The van der Waals surface area contributed by atoms with E-state index in [0.29, 0.717) is 14.5 Å². The van der Waals surface area contributed by atoms with Crippen LogP contribution in [0.3, 0.4) is 0 Å². The van der Waals surface area contributed by atoms with Gasteiger partial charge in [-0.1, -0.05) is 0 Å². The lowest BCUT2D eigenvalue weighted by Crippen LogP contribution is -2.02. The highest BCUT2D eigenvalue weighted by Crippen LogP contribution is 2.33. The molecule has 0 atom stereocenters. The molecule has 0 heterocycles. The van der Waals surface area contributed by atoms with Crippen LogP contribution in [0.4, 0.5) is 8.78 Å². The zero-order valence-corrected chi connectivity index (χ0v) is 11.3. The topological polar surface area (TPSA) is 46.5 Å². The van der Waals surface area contributed by atoms with E-state index in [2.05, 4.69) is 36.6 Å². The molecule has 7 heteroatoms. The number of carboxylic acids is 1. The highest BCUT2D eigenvalue weighted by molar-refractivity contribution is 9.13. The van der Waals surface area contributed by atoms with Gasteiger partial charge in [0.15, 0.2) is 0 Å². The van der Waals surface area contributed by atoms with Crippen molar-refractivity contribution in [2.75, 3.05) is 0 Å². The third-order valence-electron chi connectivity index (χ3n) is 1.66. The molecular weight excluding hydrogens is 366 g/mol. The molecule has 0 aromatic heterocycles. The summed E-state index contributed by atoms with van der Waals surface area (Å²) in [6.45, 7) is -2.93. The van der Waals surface area contributed by atoms with Crippen LogP contribution in [0.1, 0.15) is 5.56 Å². The second-order valence-electron chi connectivity index (χ2n) is 2.86. The van der Waals surface area contributed by atoms with Crippen LogP contribution in [0.2, 0.25) is 0 Å². The van der Waals surface area contributed by atoms with Gasteiger partial charge in [-0.3, -0.25) is 0 Å². The molecule has 0 aliphatic carbocycles. The Labute approximate surface area is 112 Å². The minimum absolute atomic E-state index is 0.0555. The second kappa shape index (κ2) is 6.11. The van der Waals surface area contributed by atoms with Crippen molar-refractivity contribution in [3.8, 4) is 5.75 Å². The van der Waals surface area contributed by atoms with Gasteiger partial charge >= 0.3 is 12.6 Å². The number of hydrogen-bond acceptors (Lipinski definition) is 2. The number of halogens is 4. The standard InChI is InChI=1S/C10H6Br2F2O3/c11-7-4-6(17-10(13)14)3-5(9(7)12)1-2-8(15)16/h1-4,10H,(H,15,16)/b2-1+. The number of ether oxygens (including phenoxy) is 1. The van der Waals surface area contributed by atoms with Gasteiger partial charge < -0.3 is 9.84 Å². The molecule has 0 aliphatic heterocycles. The first-order chi connectivity index (χ1) is 7.90. The Bertz CT molecular complexity index is 461. The molecule has 0 saturated carbocycles. The third kappa shape index (κ3) is 4.43. The van der Waals surface area contributed by atoms with E-state index < -0.39 is 12.6 Å². The maximum Gasteiger partial charge on any atom is 0.387 e. The Balaban J connectivity index is 3.10. The molecule has 0 amide bonds. The van der Waals surface area contributed by atoms with E-state index in [0.717, 1.165) is 6.08 Å². The van der Waals surface area contributed by atoms with Gasteiger partial charge in [-0.25, -0.2) is 4.79 Å². The van der Waals surface area contributed by atoms with E-state index in [9.17, 15) is 13.6 Å². The first-order valence-corrected chi connectivity index (χ1v) is 5.83. The Hall–Kier alpha value is -0.950. The predicted octanol–water partition coefficient (Wildman–Crippen LogP) is 3.91. The lowest BCUT2D eigenvalue weighted by atomic mass is 10.2. The van der Waals surface area contributed by atoms with Crippen LogP contribution < -0.4 is 4.74 Å². The summed E-state index contributed by atoms with van der Waals surface area (Å²) in [6.07, 6.45) is 2.17. The molecule has 3 nitrogen and oxygen atoms in total. The highest BCUT2D eigenvalue weighted by Gasteiger charge is 2.09. The van der Waals surface area contributed by atoms with Gasteiger partial charge in [0.2, 0.25) is 0 Å². The minimum atomic E-state index is -2.93. The molecule has 1 aromatic carbocycles. The van der Waals surface area contributed by atoms with Crippen molar-refractivity contribution in [3.05, 3.63) is 32.7 Å². The minimum Gasteiger partial charge on any atom is -0.478 e. The van der Waals surface area contributed by atoms with Crippen molar-refractivity contribution < 1.29 is 23.4 Å². The molecule has 1 aromatic rings. The van der Waals surface area contributed by atoms with E-state index in [4.69, 9.17) is 5.11 Å². The van der Waals surface area contributed by atoms with Crippen molar-refractivity contribution in [3.63, 3.8) is 0 Å². The summed E-state index contributed by atoms with van der Waals surface area (Å²) in [5, 5.41) is 8.48. The summed E-state index contributed by atoms with van der Waals surface area (Å²) >= 11 is 6.34. The molecule has 0 saturated heterocycles. The average molecular weight is 372 g/mol. The SMILES string of the molecule is O=C(O)/C=C/c1cc(OC(F)F)cc(Br)c1Br. The van der Waals surface area contributed by atoms with Crippen LogP contribution in [0.5, 0.6) is 5.75 Å². The van der Waals surface area contributed by atoms with Crippen LogP contribution in [0.15, 0.2) is 27.2 Å². The Kier molecular flexibility index (Phi) is 5.07. The largest absolute Gasteiger partial charge is 0.478 e. The number of carboxylic acid groups (broad SMARTS) is 1. The van der Waals surface area contributed by atoms with E-state index in [1.54, 1.807) is 0 Å². The number of benzene rings is 1. The van der Waals surface area contributed by atoms with Gasteiger partial charge in [-0.2, -0.15) is 8.78 Å². The molecular formula is C10H6Br2F2O3. The first-order valence-electron chi connectivity index (χ1n) is 4.25. The lowest BCUT2D eigenvalue weighted by Gasteiger charge is -2.08. The van der Waals surface area contributed by atoms with Gasteiger partial charge in [0.1, 0.15) is 5.75 Å². The Morgan fingerprint density at radius 1 is 1.41 bits per heavy atom. The van der Waals surface area contributed by atoms with Gasteiger partial charge in [0.25, 0.3) is 0 Å². The molecule has 0 fully saturated rings. The van der Waals surface area contributed by atoms with Crippen molar-refractivity contribution in [2.24, 2.45) is 0 Å². The molecule has 92 valence electrons. The summed E-state index contributed by atoms with van der Waals surface area (Å²) < 4.78 is 29.3. The molecule has 0 radical (unpaired) electrons. The molecule has 1 rings (SSSR count). The van der Waals surface area contributed by atoms with E-state index in [1.165, 1.54) is 18.2 Å². The maximum atomic E-state index is 12.0. The Morgan fingerprint density at radius 3 is 2.59 bits per heavy atom. The van der Waals surface area contributed by atoms with E-state index in [1.807, 2.05) is 0 Å². The molecule has 1 N–H and O–H groups in total. The molecule has 0 bridgehead atoms. The van der Waals surface area contributed by atoms with Crippen molar-refractivity contribution in [2.45, 2.75) is 6.61 Å². The van der Waals surface area contributed by atoms with Crippen LogP contribution in [-0.2, 0) is 4.79 Å². The average Bonchev–Trinajstić information content (AvgIpc) is 2.20. The molecule has 0 unspecified atom stereocenters. The van der Waals surface area contributed by atoms with Crippen LogP contribution in [0.25, 0.3) is 6.08 Å². The fourth-order valence-corrected chi connectivity index (χ4v) is 1.85. The Morgan fingerprint density at radius 2 is 2.06 bits per heavy atom. The fraction of sp³-hybridized carbons (Fsp3) is 0.100. The lowest BCUT2D eigenvalue weighted by molar-refractivity contribution is -0.131. The van der Waals surface area contributed by atoms with E-state index >= 15 is 0 Å². The zero-order chi connectivity index (χ0) is 13.0. The highest BCUT2D eigenvalue weighted by atomic mass is 79.9. The summed E-state index contributed by atoms with van der Waals surface area (Å²) in [5.74, 6) is -1.19. The number of carbonyl (C=O) groups is 1. The molecule has 0 aliphatic rings. The van der Waals surface area contributed by atoms with Gasteiger partial charge in [0, 0.05) is 15.0 Å². The number of alkyl halides is 2. The second-order valence-corrected chi connectivity index (χ2v) is 4.51. The normalized spacial score (nSPS) is 11.1. The molecule has 0 spiro atoms. The quantitative estimate of drug-likeness (QED) is 0.816. The summed E-state index contributed by atoms with van der Waals surface area (Å²) in [6, 6.07) is 2.66. The smallest absolute Gasteiger partial charge is 0.387 e. The van der Waals surface area contributed by atoms with Crippen molar-refractivity contribution in [1.82, 2.24) is 0 Å². The number of hydrogen-bond donors (Lipinski definition) is 1. The van der Waals surface area contributed by atoms with Crippen molar-refractivity contribution in [1.29, 1.82) is 0 Å². The fourth-order valence-electron chi connectivity index (χ4n) is 1.04. The number of rotatable bonds is 4. The van der Waals surface area contributed by atoms with Crippen LogP contribution in [-0.4, -0.2) is 17.7 Å². The maximum absolute atomic E-state index is 12.0. The van der Waals surface area contributed by atoms with Crippen LogP contribution >= 0.6 is 31.9 Å². The van der Waals surface area contributed by atoms with E-state index in [-0.39, 0.29) is 5.75 Å². The summed E-state index contributed by atoms with van der Waals surface area (Å²) in [5.41, 5.74) is 0.414. The number of aliphatic carboxylic acids is 1. The van der Waals surface area contributed by atoms with Crippen molar-refractivity contribution >= 4 is 43.9 Å². The van der Waals surface area contributed by atoms with Gasteiger partial charge in [-0.15, -0.1) is 0 Å². The monoisotopic (exact) mass is 370 g/mol. The predicted molar refractivity (Wildman–Crippen MR) is 65.1 cm³/mol. The van der Waals surface area contributed by atoms with Gasteiger partial charge in [0.05, 0.1) is 0 Å². The third-order valence-corrected chi connectivity index (χ3v) is 3.70. The first kappa shape index (κ1) is 14.1. The molecule has 17 heavy (non-hydrogen) atoms. The summed E-state index contributed by atoms with van der Waals surface area (Å²) in [4.78, 5) is 10.4.